The summed E-state index contributed by atoms with van der Waals surface area (Å²) < 4.78 is 0. The van der Waals surface area contributed by atoms with E-state index in [2.05, 4.69) is 36.2 Å². The maximum Gasteiger partial charge on any atom is 0.238 e. The number of hydrogen-bond acceptors (Lipinski definition) is 3. The Kier molecular flexibility index (Phi) is 5.51. The maximum absolute atomic E-state index is 12.0. The third kappa shape index (κ3) is 4.67. The van der Waals surface area contributed by atoms with Crippen LogP contribution in [0.15, 0.2) is 24.3 Å². The van der Waals surface area contributed by atoms with E-state index in [1.54, 1.807) is 0 Å². The summed E-state index contributed by atoms with van der Waals surface area (Å²) in [5.41, 5.74) is 2.11. The van der Waals surface area contributed by atoms with Gasteiger partial charge in [-0.1, -0.05) is 26.0 Å². The van der Waals surface area contributed by atoms with Crippen LogP contribution < -0.4 is 5.32 Å². The maximum atomic E-state index is 12.0. The number of amides is 1. The number of aldehydes is 1. The first kappa shape index (κ1) is 15.7. The highest BCUT2D eigenvalue weighted by Crippen LogP contribution is 2.18. The Bertz CT molecular complexity index is 474. The summed E-state index contributed by atoms with van der Waals surface area (Å²) in [6, 6.07) is 8.00. The average Bonchev–Trinajstić information content (AvgIpc) is 2.48. The van der Waals surface area contributed by atoms with E-state index in [1.807, 2.05) is 12.1 Å². The Labute approximate surface area is 126 Å². The quantitative estimate of drug-likeness (QED) is 0.847. The van der Waals surface area contributed by atoms with Gasteiger partial charge in [0.25, 0.3) is 0 Å². The second-order valence-corrected chi connectivity index (χ2v) is 6.07. The van der Waals surface area contributed by atoms with Crippen molar-refractivity contribution in [3.63, 3.8) is 0 Å². The molecular formula is C17H24N2O2. The highest BCUT2D eigenvalue weighted by molar-refractivity contribution is 5.92. The van der Waals surface area contributed by atoms with Crippen molar-refractivity contribution in [3.8, 4) is 0 Å². The fourth-order valence-electron chi connectivity index (χ4n) is 2.60. The molecule has 0 saturated carbocycles. The van der Waals surface area contributed by atoms with Crippen LogP contribution in [0.25, 0.3) is 0 Å². The summed E-state index contributed by atoms with van der Waals surface area (Å²) in [7, 11) is 0. The van der Waals surface area contributed by atoms with Crippen LogP contribution in [0, 0.1) is 5.92 Å². The molecule has 0 aliphatic carbocycles. The molecular weight excluding hydrogens is 264 g/mol. The molecule has 1 fully saturated rings. The largest absolute Gasteiger partial charge is 0.325 e. The first-order valence-corrected chi connectivity index (χ1v) is 7.66. The monoisotopic (exact) mass is 288 g/mol. The second kappa shape index (κ2) is 7.36. The van der Waals surface area contributed by atoms with Crippen LogP contribution in [-0.4, -0.2) is 36.7 Å². The molecule has 1 amide bonds. The van der Waals surface area contributed by atoms with E-state index in [4.69, 9.17) is 0 Å². The number of nitrogens with zero attached hydrogens (tertiary/aromatic N) is 1. The number of piperidine rings is 1. The van der Waals surface area contributed by atoms with Gasteiger partial charge in [0.2, 0.25) is 5.91 Å². The van der Waals surface area contributed by atoms with Crippen molar-refractivity contribution in [2.24, 2.45) is 5.92 Å². The van der Waals surface area contributed by atoms with Crippen molar-refractivity contribution in [3.05, 3.63) is 29.8 Å². The SMILES string of the molecule is CC(C)c1ccc(NC(=O)CN2CCC(C=O)CC2)cc1. The number of carbonyl (C=O) groups is 2. The van der Waals surface area contributed by atoms with Gasteiger partial charge in [-0.3, -0.25) is 9.69 Å². The van der Waals surface area contributed by atoms with Gasteiger partial charge in [-0.2, -0.15) is 0 Å². The Hall–Kier alpha value is -1.68. The van der Waals surface area contributed by atoms with Gasteiger partial charge in [-0.05, 0) is 49.5 Å². The molecule has 0 atom stereocenters. The van der Waals surface area contributed by atoms with Gasteiger partial charge in [0.15, 0.2) is 0 Å². The molecule has 2 rings (SSSR count). The third-order valence-corrected chi connectivity index (χ3v) is 4.05. The Morgan fingerprint density at radius 3 is 2.43 bits per heavy atom. The molecule has 1 aliphatic rings. The van der Waals surface area contributed by atoms with E-state index < -0.39 is 0 Å². The summed E-state index contributed by atoms with van der Waals surface area (Å²) in [4.78, 5) is 24.8. The number of nitrogens with one attached hydrogen (secondary N) is 1. The van der Waals surface area contributed by atoms with Crippen LogP contribution in [0.2, 0.25) is 0 Å². The number of carbonyl (C=O) groups excluding carboxylic acids is 2. The lowest BCUT2D eigenvalue weighted by atomic mass is 9.99. The van der Waals surface area contributed by atoms with Crippen LogP contribution in [0.1, 0.15) is 38.2 Å². The summed E-state index contributed by atoms with van der Waals surface area (Å²) in [6.07, 6.45) is 2.76. The van der Waals surface area contributed by atoms with Crippen LogP contribution in [0.3, 0.4) is 0 Å². The molecule has 21 heavy (non-hydrogen) atoms. The van der Waals surface area contributed by atoms with Crippen molar-refractivity contribution in [1.29, 1.82) is 0 Å². The standard InChI is InChI=1S/C17H24N2O2/c1-13(2)15-3-5-16(6-4-15)18-17(21)11-19-9-7-14(12-20)8-10-19/h3-6,12-14H,7-11H2,1-2H3,(H,18,21). The topological polar surface area (TPSA) is 49.4 Å². The van der Waals surface area contributed by atoms with Crippen molar-refractivity contribution in [2.75, 3.05) is 25.0 Å². The lowest BCUT2D eigenvalue weighted by Gasteiger charge is -2.28. The normalized spacial score (nSPS) is 16.9. The fourth-order valence-corrected chi connectivity index (χ4v) is 2.60. The van der Waals surface area contributed by atoms with Gasteiger partial charge in [0, 0.05) is 11.6 Å². The van der Waals surface area contributed by atoms with Crippen LogP contribution in [0.5, 0.6) is 0 Å². The molecule has 4 heteroatoms. The molecule has 0 radical (unpaired) electrons. The molecule has 1 aromatic rings. The lowest BCUT2D eigenvalue weighted by molar-refractivity contribution is -0.117. The predicted molar refractivity (Wildman–Crippen MR) is 84.4 cm³/mol. The first-order valence-electron chi connectivity index (χ1n) is 7.66. The molecule has 1 N–H and O–H groups in total. The number of benzene rings is 1. The highest BCUT2D eigenvalue weighted by Gasteiger charge is 2.20. The van der Waals surface area contributed by atoms with Gasteiger partial charge in [-0.25, -0.2) is 0 Å². The molecule has 1 aromatic carbocycles. The van der Waals surface area contributed by atoms with E-state index in [1.165, 1.54) is 5.56 Å². The van der Waals surface area contributed by atoms with Crippen molar-refractivity contribution in [2.45, 2.75) is 32.6 Å². The van der Waals surface area contributed by atoms with Crippen molar-refractivity contribution >= 4 is 17.9 Å². The van der Waals surface area contributed by atoms with Gasteiger partial charge < -0.3 is 10.1 Å². The summed E-state index contributed by atoms with van der Waals surface area (Å²) in [5.74, 6) is 0.679. The molecule has 114 valence electrons. The third-order valence-electron chi connectivity index (χ3n) is 4.05. The molecule has 1 aliphatic heterocycles. The van der Waals surface area contributed by atoms with E-state index >= 15 is 0 Å². The molecule has 4 nitrogen and oxygen atoms in total. The Morgan fingerprint density at radius 1 is 1.29 bits per heavy atom. The minimum atomic E-state index is 0.0110. The summed E-state index contributed by atoms with van der Waals surface area (Å²) in [6.45, 7) is 6.34. The number of hydrogen-bond donors (Lipinski definition) is 1. The van der Waals surface area contributed by atoms with E-state index in [-0.39, 0.29) is 11.8 Å². The van der Waals surface area contributed by atoms with Crippen molar-refractivity contribution in [1.82, 2.24) is 4.90 Å². The highest BCUT2D eigenvalue weighted by atomic mass is 16.2. The molecule has 1 saturated heterocycles. The van der Waals surface area contributed by atoms with E-state index in [9.17, 15) is 9.59 Å². The van der Waals surface area contributed by atoms with E-state index in [0.717, 1.165) is 37.9 Å². The lowest BCUT2D eigenvalue weighted by Crippen LogP contribution is -2.39. The molecule has 0 bridgehead atoms. The zero-order valence-electron chi connectivity index (χ0n) is 12.8. The average molecular weight is 288 g/mol. The Balaban J connectivity index is 1.80. The number of anilines is 1. The molecule has 1 heterocycles. The van der Waals surface area contributed by atoms with Gasteiger partial charge in [-0.15, -0.1) is 0 Å². The number of rotatable bonds is 5. The zero-order valence-corrected chi connectivity index (χ0v) is 12.8. The summed E-state index contributed by atoms with van der Waals surface area (Å²) in [5, 5.41) is 2.93. The molecule has 0 unspecified atom stereocenters. The van der Waals surface area contributed by atoms with Gasteiger partial charge >= 0.3 is 0 Å². The van der Waals surface area contributed by atoms with E-state index in [0.29, 0.717) is 12.5 Å². The minimum absolute atomic E-state index is 0.0110. The minimum Gasteiger partial charge on any atom is -0.325 e. The van der Waals surface area contributed by atoms with Crippen molar-refractivity contribution < 1.29 is 9.59 Å². The van der Waals surface area contributed by atoms with Gasteiger partial charge in [0.05, 0.1) is 6.54 Å². The second-order valence-electron chi connectivity index (χ2n) is 6.07. The fraction of sp³-hybridized carbons (Fsp3) is 0.529. The van der Waals surface area contributed by atoms with Crippen LogP contribution in [0.4, 0.5) is 5.69 Å². The molecule has 0 aromatic heterocycles. The zero-order chi connectivity index (χ0) is 15.2. The Morgan fingerprint density at radius 2 is 1.90 bits per heavy atom. The molecule has 0 spiro atoms. The smallest absolute Gasteiger partial charge is 0.238 e. The first-order chi connectivity index (χ1) is 10.1. The van der Waals surface area contributed by atoms with Gasteiger partial charge in [0.1, 0.15) is 6.29 Å². The predicted octanol–water partition coefficient (Wildman–Crippen LogP) is 2.66. The van der Waals surface area contributed by atoms with Crippen LogP contribution >= 0.6 is 0 Å². The summed E-state index contributed by atoms with van der Waals surface area (Å²) >= 11 is 0. The number of likely N-dealkylation sites (tertiary alicyclic amines) is 1. The van der Waals surface area contributed by atoms with Crippen LogP contribution in [-0.2, 0) is 9.59 Å².